The summed E-state index contributed by atoms with van der Waals surface area (Å²) in [6, 6.07) is 15.9. The molecule has 2 heterocycles. The molecule has 17 nitrogen and oxygen atoms in total. The first-order valence-electron chi connectivity index (χ1n) is 18.0. The first-order valence-corrected chi connectivity index (χ1v) is 18.0. The van der Waals surface area contributed by atoms with Crippen molar-refractivity contribution >= 4 is 46.4 Å². The van der Waals surface area contributed by atoms with Crippen LogP contribution in [0, 0.1) is 11.8 Å². The lowest BCUT2D eigenvalue weighted by atomic mass is 9.96. The van der Waals surface area contributed by atoms with E-state index in [0.717, 1.165) is 10.9 Å². The van der Waals surface area contributed by atoms with Crippen molar-refractivity contribution in [3.05, 3.63) is 83.8 Å². The van der Waals surface area contributed by atoms with Crippen LogP contribution < -0.4 is 27.0 Å². The Labute approximate surface area is 318 Å². The van der Waals surface area contributed by atoms with Crippen molar-refractivity contribution in [2.75, 3.05) is 7.11 Å². The lowest BCUT2D eigenvalue weighted by Gasteiger charge is -2.27. The molecule has 6 N–H and O–H groups in total. The highest BCUT2D eigenvalue weighted by molar-refractivity contribution is 5.99. The minimum Gasteiger partial charge on any atom is -0.467 e. The number of hydrogen-bond donors (Lipinski definition) is 5. The third-order valence-electron chi connectivity index (χ3n) is 9.09. The molecule has 2 aromatic heterocycles. The van der Waals surface area contributed by atoms with Crippen LogP contribution in [0.15, 0.2) is 66.7 Å². The third kappa shape index (κ3) is 11.9. The largest absolute Gasteiger partial charge is 0.467 e. The zero-order valence-electron chi connectivity index (χ0n) is 31.5. The fourth-order valence-electron chi connectivity index (χ4n) is 5.85. The van der Waals surface area contributed by atoms with Crippen molar-refractivity contribution in [2.24, 2.45) is 17.6 Å². The molecule has 5 amide bonds. The van der Waals surface area contributed by atoms with E-state index in [2.05, 4.69) is 41.8 Å². The normalized spacial score (nSPS) is 13.9. The number of carbonyl (C=O) groups is 6. The molecule has 0 unspecified atom stereocenters. The number of nitrogens with two attached hydrogens (primary N) is 1. The van der Waals surface area contributed by atoms with Crippen LogP contribution in [-0.2, 0) is 48.1 Å². The molecule has 0 aliphatic heterocycles. The van der Waals surface area contributed by atoms with Gasteiger partial charge < -0.3 is 31.7 Å². The quantitative estimate of drug-likeness (QED) is 0.0846. The van der Waals surface area contributed by atoms with Gasteiger partial charge in [0.1, 0.15) is 30.4 Å². The van der Waals surface area contributed by atoms with Crippen molar-refractivity contribution < 1.29 is 33.5 Å². The van der Waals surface area contributed by atoms with E-state index in [1.807, 2.05) is 49.4 Å². The van der Waals surface area contributed by atoms with Gasteiger partial charge in [0.05, 0.1) is 19.0 Å². The van der Waals surface area contributed by atoms with E-state index < -0.39 is 66.1 Å². The van der Waals surface area contributed by atoms with E-state index in [-0.39, 0.29) is 36.3 Å². The summed E-state index contributed by atoms with van der Waals surface area (Å²) in [5.74, 6) is -4.18. The van der Waals surface area contributed by atoms with Crippen LogP contribution in [0.2, 0.25) is 0 Å². The standard InChI is InChI=1S/C38H48N10O7/c1-6-23(4)34(37(53)44-33(22(2)3)38(54)55-5)43-32(50)21-48-31(45-46-47-48)19-26(18-24-12-8-7-9-13-24)40-36(52)29(20-30(39)49)42-35(51)28-17-16-25-14-10-11-15-27(25)41-28/h7-17,22-23,26,29,33-34H,6,18-21H2,1-5H3,(H2,39,49)(H,40,52)(H,42,51)(H,43,50)(H,44,53)/t23-,26-,29-,33-,34-/m0/s1. The SMILES string of the molecule is CC[C@H](C)[C@H](NC(=O)Cn1nnnc1C[C@H](Cc1ccccc1)NC(=O)[C@H](CC(N)=O)NC(=O)c1ccc2ccccc2n1)C(=O)N[C@H](C(=O)OC)C(C)C. The second-order valence-electron chi connectivity index (χ2n) is 13.6. The first kappa shape index (κ1) is 41.5. The van der Waals surface area contributed by atoms with Gasteiger partial charge in [-0.05, 0) is 46.4 Å². The number of rotatable bonds is 19. The number of amides is 5. The van der Waals surface area contributed by atoms with Crippen LogP contribution in [0.5, 0.6) is 0 Å². The molecule has 4 aromatic rings. The number of tetrazole rings is 1. The number of nitrogens with zero attached hydrogens (tertiary/aromatic N) is 5. The fourth-order valence-corrected chi connectivity index (χ4v) is 5.85. The maximum absolute atomic E-state index is 13.8. The van der Waals surface area contributed by atoms with Gasteiger partial charge in [-0.1, -0.05) is 88.7 Å². The first-order chi connectivity index (χ1) is 26.3. The number of hydrogen-bond acceptors (Lipinski definition) is 11. The minimum atomic E-state index is -1.34. The van der Waals surface area contributed by atoms with Gasteiger partial charge in [0, 0.05) is 17.8 Å². The molecule has 0 fully saturated rings. The van der Waals surface area contributed by atoms with Gasteiger partial charge in [0.25, 0.3) is 5.91 Å². The number of esters is 1. The Kier molecular flexibility index (Phi) is 14.9. The van der Waals surface area contributed by atoms with E-state index >= 15 is 0 Å². The Morgan fingerprint density at radius 2 is 1.53 bits per heavy atom. The van der Waals surface area contributed by atoms with Gasteiger partial charge in [-0.15, -0.1) is 5.10 Å². The maximum Gasteiger partial charge on any atom is 0.328 e. The number of nitrogens with one attached hydrogen (secondary N) is 4. The van der Waals surface area contributed by atoms with Crippen LogP contribution in [0.25, 0.3) is 10.9 Å². The lowest BCUT2D eigenvalue weighted by molar-refractivity contribution is -0.147. The van der Waals surface area contributed by atoms with Gasteiger partial charge in [-0.25, -0.2) is 14.5 Å². The van der Waals surface area contributed by atoms with E-state index in [9.17, 15) is 28.8 Å². The molecule has 0 saturated carbocycles. The second-order valence-corrected chi connectivity index (χ2v) is 13.6. The molecular formula is C38H48N10O7. The Morgan fingerprint density at radius 3 is 2.20 bits per heavy atom. The third-order valence-corrected chi connectivity index (χ3v) is 9.09. The molecule has 292 valence electrons. The second kappa shape index (κ2) is 19.7. The number of fused-ring (bicyclic) bond motifs is 1. The van der Waals surface area contributed by atoms with Crippen LogP contribution in [0.4, 0.5) is 0 Å². The Bertz CT molecular complexity index is 1970. The molecule has 0 aliphatic carbocycles. The Hall–Kier alpha value is -6.26. The molecule has 0 aliphatic rings. The summed E-state index contributed by atoms with van der Waals surface area (Å²) in [5, 5.41) is 23.6. The number of carbonyl (C=O) groups excluding carboxylic acids is 6. The molecular weight excluding hydrogens is 708 g/mol. The van der Waals surface area contributed by atoms with E-state index in [1.165, 1.54) is 17.9 Å². The highest BCUT2D eigenvalue weighted by atomic mass is 16.5. The highest BCUT2D eigenvalue weighted by Gasteiger charge is 2.32. The van der Waals surface area contributed by atoms with Crippen LogP contribution in [0.3, 0.4) is 0 Å². The fraction of sp³-hybridized carbons (Fsp3) is 0.421. The van der Waals surface area contributed by atoms with Gasteiger partial charge in [-0.3, -0.25) is 24.0 Å². The molecule has 0 radical (unpaired) electrons. The predicted octanol–water partition coefficient (Wildman–Crippen LogP) is 1.01. The summed E-state index contributed by atoms with van der Waals surface area (Å²) >= 11 is 0. The molecule has 4 rings (SSSR count). The van der Waals surface area contributed by atoms with E-state index in [4.69, 9.17) is 10.5 Å². The summed E-state index contributed by atoms with van der Waals surface area (Å²) in [4.78, 5) is 82.5. The summed E-state index contributed by atoms with van der Waals surface area (Å²) < 4.78 is 6.10. The predicted molar refractivity (Wildman–Crippen MR) is 201 cm³/mol. The topological polar surface area (TPSA) is 242 Å². The summed E-state index contributed by atoms with van der Waals surface area (Å²) in [5.41, 5.74) is 6.98. The number of benzene rings is 2. The average molecular weight is 757 g/mol. The number of pyridine rings is 1. The molecule has 5 atom stereocenters. The minimum absolute atomic E-state index is 0.0366. The number of ether oxygens (including phenoxy) is 1. The molecule has 55 heavy (non-hydrogen) atoms. The summed E-state index contributed by atoms with van der Waals surface area (Å²) in [6.07, 6.45) is 0.400. The monoisotopic (exact) mass is 756 g/mol. The zero-order chi connectivity index (χ0) is 40.1. The highest BCUT2D eigenvalue weighted by Crippen LogP contribution is 2.14. The molecule has 0 bridgehead atoms. The molecule has 0 saturated heterocycles. The number of para-hydroxylation sites is 1. The van der Waals surface area contributed by atoms with E-state index in [0.29, 0.717) is 18.4 Å². The van der Waals surface area contributed by atoms with E-state index in [1.54, 1.807) is 39.0 Å². The Morgan fingerprint density at radius 1 is 0.818 bits per heavy atom. The molecule has 2 aromatic carbocycles. The summed E-state index contributed by atoms with van der Waals surface area (Å²) in [6.45, 7) is 6.85. The van der Waals surface area contributed by atoms with Crippen molar-refractivity contribution in [1.82, 2.24) is 46.5 Å². The zero-order valence-corrected chi connectivity index (χ0v) is 31.5. The van der Waals surface area contributed by atoms with Gasteiger partial charge in [0.2, 0.25) is 23.6 Å². The van der Waals surface area contributed by atoms with Gasteiger partial charge in [-0.2, -0.15) is 0 Å². The van der Waals surface area contributed by atoms with Crippen LogP contribution in [-0.4, -0.2) is 92.0 Å². The smallest absolute Gasteiger partial charge is 0.328 e. The maximum atomic E-state index is 13.8. The van der Waals surface area contributed by atoms with Crippen LogP contribution in [0.1, 0.15) is 62.4 Å². The number of aromatic nitrogens is 5. The van der Waals surface area contributed by atoms with Crippen molar-refractivity contribution in [3.63, 3.8) is 0 Å². The molecule has 17 heteroatoms. The van der Waals surface area contributed by atoms with Crippen molar-refractivity contribution in [1.29, 1.82) is 0 Å². The number of primary amides is 1. The average Bonchev–Trinajstić information content (AvgIpc) is 3.60. The Balaban J connectivity index is 1.51. The lowest BCUT2D eigenvalue weighted by Crippen LogP contribution is -2.55. The number of methoxy groups -OCH3 is 1. The summed E-state index contributed by atoms with van der Waals surface area (Å²) in [7, 11) is 1.24. The van der Waals surface area contributed by atoms with Crippen molar-refractivity contribution in [2.45, 2.75) is 84.1 Å². The molecule has 0 spiro atoms. The van der Waals surface area contributed by atoms with Gasteiger partial charge in [0.15, 0.2) is 5.82 Å². The van der Waals surface area contributed by atoms with Crippen molar-refractivity contribution in [3.8, 4) is 0 Å². The van der Waals surface area contributed by atoms with Gasteiger partial charge >= 0.3 is 5.97 Å². The van der Waals surface area contributed by atoms with Crippen LogP contribution >= 0.6 is 0 Å².